The van der Waals surface area contributed by atoms with E-state index in [0.29, 0.717) is 13.0 Å². The van der Waals surface area contributed by atoms with E-state index in [0.717, 1.165) is 6.42 Å². The zero-order valence-electron chi connectivity index (χ0n) is 16.3. The minimum Gasteiger partial charge on any atom is -0.468 e. The quantitative estimate of drug-likeness (QED) is 0.461. The van der Waals surface area contributed by atoms with Gasteiger partial charge in [0, 0.05) is 12.1 Å². The van der Waals surface area contributed by atoms with Crippen LogP contribution in [0.2, 0.25) is 0 Å². The summed E-state index contributed by atoms with van der Waals surface area (Å²) < 4.78 is 24.7. The van der Waals surface area contributed by atoms with E-state index in [1.807, 2.05) is 0 Å². The molecule has 1 aliphatic heterocycles. The van der Waals surface area contributed by atoms with Gasteiger partial charge in [-0.05, 0) is 46.2 Å². The van der Waals surface area contributed by atoms with Crippen LogP contribution in [0.3, 0.4) is 0 Å². The van der Waals surface area contributed by atoms with Crippen LogP contribution in [-0.4, -0.2) is 47.2 Å². The van der Waals surface area contributed by atoms with Crippen LogP contribution in [0.1, 0.15) is 39.2 Å². The van der Waals surface area contributed by atoms with Gasteiger partial charge in [-0.25, -0.2) is 4.79 Å². The van der Waals surface area contributed by atoms with Crippen molar-refractivity contribution in [3.05, 3.63) is 33.6 Å². The van der Waals surface area contributed by atoms with Crippen LogP contribution in [0.4, 0.5) is 20.6 Å². The lowest BCUT2D eigenvalue weighted by Crippen LogP contribution is -2.36. The summed E-state index contributed by atoms with van der Waals surface area (Å²) in [6, 6.07) is 2.09. The Morgan fingerprint density at radius 2 is 2.07 bits per heavy atom. The maximum Gasteiger partial charge on any atom is 0.412 e. The SMILES string of the molecule is COC(=O)[C@@H]1CCCN1Cc1ccc(NC(=O)OC(C)(C)C)c([N+](=O)[O-])c1F. The summed E-state index contributed by atoms with van der Waals surface area (Å²) in [5.74, 6) is -1.48. The fourth-order valence-electron chi connectivity index (χ4n) is 3.06. The summed E-state index contributed by atoms with van der Waals surface area (Å²) in [5, 5.41) is 13.6. The number of hydrogen-bond donors (Lipinski definition) is 1. The van der Waals surface area contributed by atoms with Crippen molar-refractivity contribution in [1.82, 2.24) is 4.90 Å². The molecule has 0 unspecified atom stereocenters. The van der Waals surface area contributed by atoms with Crippen molar-refractivity contribution >= 4 is 23.4 Å². The molecular weight excluding hydrogens is 373 g/mol. The molecule has 1 N–H and O–H groups in total. The Bertz CT molecular complexity index is 777. The standard InChI is InChI=1S/C18H24FN3O6/c1-18(2,3)28-17(24)20-12-8-7-11(14(19)15(12)22(25)26)10-21-9-5-6-13(21)16(23)27-4/h7-8,13H,5-6,9-10H2,1-4H3,(H,20,24)/t13-/m0/s1. The number of esters is 1. The number of methoxy groups -OCH3 is 1. The van der Waals surface area contributed by atoms with E-state index < -0.39 is 40.1 Å². The summed E-state index contributed by atoms with van der Waals surface area (Å²) in [6.45, 7) is 5.47. The van der Waals surface area contributed by atoms with Crippen molar-refractivity contribution in [1.29, 1.82) is 0 Å². The van der Waals surface area contributed by atoms with Crippen molar-refractivity contribution in [3.8, 4) is 0 Å². The molecule has 1 atom stereocenters. The lowest BCUT2D eigenvalue weighted by molar-refractivity contribution is -0.386. The molecule has 0 spiro atoms. The molecule has 0 aromatic heterocycles. The maximum absolute atomic E-state index is 14.9. The maximum atomic E-state index is 14.9. The number of anilines is 1. The third-order valence-electron chi connectivity index (χ3n) is 4.22. The van der Waals surface area contributed by atoms with Crippen molar-refractivity contribution < 1.29 is 28.4 Å². The van der Waals surface area contributed by atoms with E-state index in [1.54, 1.807) is 25.7 Å². The van der Waals surface area contributed by atoms with Gasteiger partial charge in [-0.15, -0.1) is 0 Å². The highest BCUT2D eigenvalue weighted by molar-refractivity contribution is 5.88. The normalized spacial score (nSPS) is 17.2. The van der Waals surface area contributed by atoms with Gasteiger partial charge in [0.15, 0.2) is 0 Å². The predicted molar refractivity (Wildman–Crippen MR) is 98.4 cm³/mol. The molecule has 10 heteroatoms. The average molecular weight is 397 g/mol. The Labute approximate surface area is 161 Å². The number of benzene rings is 1. The molecule has 0 saturated carbocycles. The zero-order valence-corrected chi connectivity index (χ0v) is 16.3. The number of rotatable bonds is 5. The number of carbonyl (C=O) groups is 2. The second kappa shape index (κ2) is 8.51. The van der Waals surface area contributed by atoms with Crippen LogP contribution >= 0.6 is 0 Å². The molecule has 1 fully saturated rings. The Hall–Kier alpha value is -2.75. The van der Waals surface area contributed by atoms with Gasteiger partial charge >= 0.3 is 17.7 Å². The minimum atomic E-state index is -1.06. The second-order valence-electron chi connectivity index (χ2n) is 7.47. The Kier molecular flexibility index (Phi) is 6.55. The molecule has 0 radical (unpaired) electrons. The lowest BCUT2D eigenvalue weighted by atomic mass is 10.1. The highest BCUT2D eigenvalue weighted by Crippen LogP contribution is 2.32. The molecule has 1 aromatic carbocycles. The lowest BCUT2D eigenvalue weighted by Gasteiger charge is -2.23. The average Bonchev–Trinajstić information content (AvgIpc) is 3.02. The van der Waals surface area contributed by atoms with Gasteiger partial charge in [0.05, 0.1) is 12.0 Å². The number of nitrogens with zero attached hydrogens (tertiary/aromatic N) is 2. The number of halogens is 1. The monoisotopic (exact) mass is 397 g/mol. The van der Waals surface area contributed by atoms with Crippen LogP contribution in [0.15, 0.2) is 12.1 Å². The fourth-order valence-corrected chi connectivity index (χ4v) is 3.06. The first-order valence-corrected chi connectivity index (χ1v) is 8.81. The van der Waals surface area contributed by atoms with Crippen LogP contribution in [0.5, 0.6) is 0 Å². The fraction of sp³-hybridized carbons (Fsp3) is 0.556. The van der Waals surface area contributed by atoms with Gasteiger partial charge in [-0.1, -0.05) is 6.07 Å². The van der Waals surface area contributed by atoms with E-state index in [4.69, 9.17) is 9.47 Å². The van der Waals surface area contributed by atoms with Crippen LogP contribution in [-0.2, 0) is 20.8 Å². The van der Waals surface area contributed by atoms with Crippen molar-refractivity contribution in [3.63, 3.8) is 0 Å². The number of amides is 1. The predicted octanol–water partition coefficient (Wildman–Crippen LogP) is 3.22. The molecule has 154 valence electrons. The smallest absolute Gasteiger partial charge is 0.412 e. The molecule has 1 amide bonds. The first-order valence-electron chi connectivity index (χ1n) is 8.81. The number of carbonyl (C=O) groups excluding carboxylic acids is 2. The van der Waals surface area contributed by atoms with Gasteiger partial charge in [-0.2, -0.15) is 4.39 Å². The third kappa shape index (κ3) is 5.16. The topological polar surface area (TPSA) is 111 Å². The van der Waals surface area contributed by atoms with E-state index >= 15 is 0 Å². The van der Waals surface area contributed by atoms with Crippen molar-refractivity contribution in [2.75, 3.05) is 19.0 Å². The first-order chi connectivity index (χ1) is 13.0. The molecule has 1 aliphatic rings. The third-order valence-corrected chi connectivity index (χ3v) is 4.22. The second-order valence-corrected chi connectivity index (χ2v) is 7.47. The van der Waals surface area contributed by atoms with E-state index in [2.05, 4.69) is 5.32 Å². The van der Waals surface area contributed by atoms with Crippen LogP contribution in [0.25, 0.3) is 0 Å². The molecular formula is C18H24FN3O6. The van der Waals surface area contributed by atoms with Gasteiger partial charge in [0.2, 0.25) is 5.82 Å². The Morgan fingerprint density at radius 1 is 1.39 bits per heavy atom. The Morgan fingerprint density at radius 3 is 2.64 bits per heavy atom. The molecule has 9 nitrogen and oxygen atoms in total. The summed E-state index contributed by atoms with van der Waals surface area (Å²) >= 11 is 0. The number of likely N-dealkylation sites (tertiary alicyclic amines) is 1. The number of hydrogen-bond acceptors (Lipinski definition) is 7. The molecule has 0 aliphatic carbocycles. The minimum absolute atomic E-state index is 0.0131. The zero-order chi connectivity index (χ0) is 21.1. The first kappa shape index (κ1) is 21.5. The van der Waals surface area contributed by atoms with Crippen molar-refractivity contribution in [2.45, 2.75) is 51.8 Å². The highest BCUT2D eigenvalue weighted by Gasteiger charge is 2.33. The van der Waals surface area contributed by atoms with E-state index in [9.17, 15) is 24.1 Å². The van der Waals surface area contributed by atoms with Gasteiger partial charge in [0.25, 0.3) is 0 Å². The molecule has 1 aromatic rings. The number of nitro groups is 1. The number of ether oxygens (including phenoxy) is 2. The number of nitro benzene ring substituents is 1. The Balaban J connectivity index is 2.26. The summed E-state index contributed by atoms with van der Waals surface area (Å²) in [6.07, 6.45) is 0.393. The van der Waals surface area contributed by atoms with Crippen molar-refractivity contribution in [2.24, 2.45) is 0 Å². The highest BCUT2D eigenvalue weighted by atomic mass is 19.1. The summed E-state index contributed by atoms with van der Waals surface area (Å²) in [4.78, 5) is 36.0. The molecule has 0 bridgehead atoms. The van der Waals surface area contributed by atoms with Crippen LogP contribution < -0.4 is 5.32 Å². The van der Waals surface area contributed by atoms with Gasteiger partial charge in [-0.3, -0.25) is 25.1 Å². The van der Waals surface area contributed by atoms with E-state index in [-0.39, 0.29) is 17.8 Å². The van der Waals surface area contributed by atoms with Crippen LogP contribution in [0, 0.1) is 15.9 Å². The van der Waals surface area contributed by atoms with E-state index in [1.165, 1.54) is 19.2 Å². The largest absolute Gasteiger partial charge is 0.468 e. The summed E-state index contributed by atoms with van der Waals surface area (Å²) in [7, 11) is 1.28. The molecule has 1 saturated heterocycles. The summed E-state index contributed by atoms with van der Waals surface area (Å²) in [5.41, 5.74) is -1.91. The molecule has 2 rings (SSSR count). The van der Waals surface area contributed by atoms with Gasteiger partial charge < -0.3 is 9.47 Å². The van der Waals surface area contributed by atoms with Gasteiger partial charge in [0.1, 0.15) is 17.3 Å². The molecule has 1 heterocycles. The molecule has 28 heavy (non-hydrogen) atoms. The number of nitrogens with one attached hydrogen (secondary N) is 1.